The minimum atomic E-state index is -3.15. The summed E-state index contributed by atoms with van der Waals surface area (Å²) in [6.07, 6.45) is 2.79. The lowest BCUT2D eigenvalue weighted by Crippen LogP contribution is -2.36. The van der Waals surface area contributed by atoms with Gasteiger partial charge in [0.2, 0.25) is 0 Å². The van der Waals surface area contributed by atoms with Gasteiger partial charge >= 0.3 is 5.63 Å². The number of hydrogen-bond donors (Lipinski definition) is 2. The van der Waals surface area contributed by atoms with Crippen LogP contribution in [0.25, 0.3) is 11.0 Å². The van der Waals surface area contributed by atoms with Crippen LogP contribution in [0.1, 0.15) is 50.9 Å². The predicted molar refractivity (Wildman–Crippen MR) is 130 cm³/mol. The van der Waals surface area contributed by atoms with Crippen LogP contribution in [0.3, 0.4) is 0 Å². The van der Waals surface area contributed by atoms with Gasteiger partial charge in [-0.3, -0.25) is 9.59 Å². The summed E-state index contributed by atoms with van der Waals surface area (Å²) in [5, 5.41) is 6.60. The van der Waals surface area contributed by atoms with E-state index in [9.17, 15) is 22.8 Å². The summed E-state index contributed by atoms with van der Waals surface area (Å²) in [6.45, 7) is 2.14. The van der Waals surface area contributed by atoms with Gasteiger partial charge in [0, 0.05) is 16.3 Å². The lowest BCUT2D eigenvalue weighted by atomic mass is 9.88. The number of rotatable bonds is 4. The molecule has 1 aromatic carbocycles. The first-order valence-electron chi connectivity index (χ1n) is 11.2. The summed E-state index contributed by atoms with van der Waals surface area (Å²) in [5.74, 6) is -0.614. The Morgan fingerprint density at radius 2 is 1.94 bits per heavy atom. The second-order valence-electron chi connectivity index (χ2n) is 9.07. The average Bonchev–Trinajstić information content (AvgIpc) is 3.31. The highest BCUT2D eigenvalue weighted by Gasteiger charge is 2.33. The summed E-state index contributed by atoms with van der Waals surface area (Å²) in [5.41, 5.74) is 0.744. The molecule has 34 heavy (non-hydrogen) atoms. The third-order valence-electron chi connectivity index (χ3n) is 6.42. The molecule has 1 saturated heterocycles. The molecule has 1 fully saturated rings. The van der Waals surface area contributed by atoms with Gasteiger partial charge in [-0.25, -0.2) is 13.2 Å². The number of thiophene rings is 1. The van der Waals surface area contributed by atoms with Gasteiger partial charge in [-0.15, -0.1) is 11.3 Å². The quantitative estimate of drug-likeness (QED) is 0.531. The third-order valence-corrected chi connectivity index (χ3v) is 9.36. The molecule has 0 spiro atoms. The van der Waals surface area contributed by atoms with Gasteiger partial charge in [0.15, 0.2) is 9.84 Å². The molecule has 178 valence electrons. The van der Waals surface area contributed by atoms with Gasteiger partial charge in [0.25, 0.3) is 11.8 Å². The monoisotopic (exact) mass is 500 g/mol. The Bertz CT molecular complexity index is 1470. The number of sulfone groups is 1. The zero-order chi connectivity index (χ0) is 24.0. The van der Waals surface area contributed by atoms with E-state index < -0.39 is 33.3 Å². The topological polar surface area (TPSA) is 123 Å². The molecule has 2 aromatic heterocycles. The van der Waals surface area contributed by atoms with Crippen molar-refractivity contribution in [2.24, 2.45) is 5.92 Å². The zero-order valence-electron chi connectivity index (χ0n) is 18.6. The molecular formula is C24H24N2O6S2. The fourth-order valence-electron chi connectivity index (χ4n) is 4.64. The van der Waals surface area contributed by atoms with Crippen LogP contribution in [0.15, 0.2) is 39.5 Å². The molecule has 3 heterocycles. The van der Waals surface area contributed by atoms with Crippen LogP contribution < -0.4 is 16.3 Å². The van der Waals surface area contributed by atoms with Gasteiger partial charge in [0.1, 0.15) is 16.1 Å². The largest absolute Gasteiger partial charge is 0.422 e. The van der Waals surface area contributed by atoms with E-state index in [1.54, 1.807) is 24.3 Å². The van der Waals surface area contributed by atoms with Crippen LogP contribution in [0.4, 0.5) is 5.00 Å². The molecule has 2 atom stereocenters. The molecule has 2 N–H and O–H groups in total. The standard InChI is InChI=1S/C24H24N2O6S2/c1-13-6-7-16-19(10-13)33-23(20(16)22(28)25-15-8-9-34(30,31)12-15)26-21(27)17-11-14-4-2-3-5-18(14)32-24(17)29/h2-5,11,13,15H,6-10,12H2,1H3,(H,25,28)(H,26,27). The number of fused-ring (bicyclic) bond motifs is 2. The van der Waals surface area contributed by atoms with E-state index in [0.29, 0.717) is 40.3 Å². The molecule has 1 aliphatic heterocycles. The first-order chi connectivity index (χ1) is 16.2. The first-order valence-corrected chi connectivity index (χ1v) is 13.8. The van der Waals surface area contributed by atoms with Crippen LogP contribution in [-0.4, -0.2) is 37.8 Å². The van der Waals surface area contributed by atoms with E-state index in [-0.39, 0.29) is 17.1 Å². The smallest absolute Gasteiger partial charge is 0.349 e. The van der Waals surface area contributed by atoms with E-state index in [4.69, 9.17) is 4.42 Å². The van der Waals surface area contributed by atoms with Crippen molar-refractivity contribution in [3.05, 3.63) is 62.3 Å². The van der Waals surface area contributed by atoms with E-state index in [2.05, 4.69) is 17.6 Å². The highest BCUT2D eigenvalue weighted by molar-refractivity contribution is 7.91. The molecule has 8 nitrogen and oxygen atoms in total. The van der Waals surface area contributed by atoms with E-state index in [1.165, 1.54) is 17.4 Å². The summed E-state index contributed by atoms with van der Waals surface area (Å²) < 4.78 is 28.9. The number of para-hydroxylation sites is 1. The number of carbonyl (C=O) groups is 2. The number of benzene rings is 1. The van der Waals surface area contributed by atoms with E-state index in [1.807, 2.05) is 0 Å². The SMILES string of the molecule is CC1CCc2c(sc(NC(=O)c3cc4ccccc4oc3=O)c2C(=O)NC2CCS(=O)(=O)C2)C1. The Hall–Kier alpha value is -2.98. The van der Waals surface area contributed by atoms with Gasteiger partial charge < -0.3 is 15.1 Å². The van der Waals surface area contributed by atoms with Crippen molar-refractivity contribution in [1.82, 2.24) is 5.32 Å². The lowest BCUT2D eigenvalue weighted by Gasteiger charge is -2.19. The summed E-state index contributed by atoms with van der Waals surface area (Å²) in [4.78, 5) is 39.8. The molecule has 0 radical (unpaired) electrons. The Morgan fingerprint density at radius 1 is 1.15 bits per heavy atom. The highest BCUT2D eigenvalue weighted by Crippen LogP contribution is 2.40. The number of anilines is 1. The van der Waals surface area contributed by atoms with E-state index >= 15 is 0 Å². The van der Waals surface area contributed by atoms with Crippen molar-refractivity contribution < 1.29 is 22.4 Å². The second kappa shape index (κ2) is 8.66. The number of hydrogen-bond acceptors (Lipinski definition) is 7. The van der Waals surface area contributed by atoms with Crippen LogP contribution in [0.2, 0.25) is 0 Å². The van der Waals surface area contributed by atoms with Crippen LogP contribution in [0, 0.1) is 5.92 Å². The number of nitrogens with one attached hydrogen (secondary N) is 2. The highest BCUT2D eigenvalue weighted by atomic mass is 32.2. The molecule has 1 aliphatic carbocycles. The first kappa shape index (κ1) is 22.8. The van der Waals surface area contributed by atoms with Crippen LogP contribution in [0.5, 0.6) is 0 Å². The molecule has 2 aliphatic rings. The second-order valence-corrected chi connectivity index (χ2v) is 12.4. The Morgan fingerprint density at radius 3 is 2.71 bits per heavy atom. The van der Waals surface area contributed by atoms with Crippen LogP contribution in [-0.2, 0) is 22.7 Å². The molecular weight excluding hydrogens is 476 g/mol. The molecule has 3 aromatic rings. The molecule has 2 unspecified atom stereocenters. The molecule has 5 rings (SSSR count). The van der Waals surface area contributed by atoms with Gasteiger partial charge in [-0.2, -0.15) is 0 Å². The Kier molecular flexibility index (Phi) is 5.81. The van der Waals surface area contributed by atoms with Gasteiger partial charge in [-0.1, -0.05) is 25.1 Å². The minimum absolute atomic E-state index is 0.0541. The molecule has 10 heteroatoms. The number of carbonyl (C=O) groups excluding carboxylic acids is 2. The summed E-state index contributed by atoms with van der Waals surface area (Å²) in [6, 6.07) is 7.95. The average molecular weight is 501 g/mol. The van der Waals surface area contributed by atoms with Crippen LogP contribution >= 0.6 is 11.3 Å². The van der Waals surface area contributed by atoms with E-state index in [0.717, 1.165) is 23.3 Å². The minimum Gasteiger partial charge on any atom is -0.422 e. The maximum Gasteiger partial charge on any atom is 0.349 e. The predicted octanol–water partition coefficient (Wildman–Crippen LogP) is 3.15. The number of amides is 2. The lowest BCUT2D eigenvalue weighted by molar-refractivity contribution is 0.0941. The summed E-state index contributed by atoms with van der Waals surface area (Å²) in [7, 11) is -3.15. The molecule has 0 saturated carbocycles. The van der Waals surface area contributed by atoms with Gasteiger partial charge in [-0.05, 0) is 49.3 Å². The van der Waals surface area contributed by atoms with Crippen molar-refractivity contribution in [2.45, 2.75) is 38.6 Å². The van der Waals surface area contributed by atoms with Crippen molar-refractivity contribution >= 4 is 49.0 Å². The molecule has 0 bridgehead atoms. The maximum atomic E-state index is 13.3. The normalized spacial score (nSPS) is 21.2. The van der Waals surface area contributed by atoms with Crippen molar-refractivity contribution in [3.8, 4) is 0 Å². The van der Waals surface area contributed by atoms with Crippen molar-refractivity contribution in [3.63, 3.8) is 0 Å². The Balaban J connectivity index is 1.47. The van der Waals surface area contributed by atoms with Crippen molar-refractivity contribution in [2.75, 3.05) is 16.8 Å². The third kappa shape index (κ3) is 4.39. The summed E-state index contributed by atoms with van der Waals surface area (Å²) >= 11 is 1.34. The zero-order valence-corrected chi connectivity index (χ0v) is 20.2. The Labute approximate surface area is 200 Å². The van der Waals surface area contributed by atoms with Crippen molar-refractivity contribution in [1.29, 1.82) is 0 Å². The maximum absolute atomic E-state index is 13.3. The molecule has 2 amide bonds. The fourth-order valence-corrected chi connectivity index (χ4v) is 7.71. The fraction of sp³-hybridized carbons (Fsp3) is 0.375. The van der Waals surface area contributed by atoms with Gasteiger partial charge in [0.05, 0.1) is 17.1 Å².